The fourth-order valence-electron chi connectivity index (χ4n) is 3.35. The van der Waals surface area contributed by atoms with Crippen molar-refractivity contribution in [2.45, 2.75) is 38.6 Å². The monoisotopic (exact) mass is 367 g/mol. The van der Waals surface area contributed by atoms with Gasteiger partial charge in [0.25, 0.3) is 5.79 Å². The van der Waals surface area contributed by atoms with Crippen LogP contribution in [-0.2, 0) is 15.3 Å². The van der Waals surface area contributed by atoms with Crippen LogP contribution < -0.4 is 9.47 Å². The normalized spacial score (nSPS) is 23.8. The molecule has 2 aliphatic rings. The van der Waals surface area contributed by atoms with Crippen molar-refractivity contribution < 1.29 is 24.1 Å². The molecule has 0 amide bonds. The number of rotatable bonds is 4. The zero-order chi connectivity index (χ0) is 19.0. The Morgan fingerprint density at radius 3 is 2.81 bits per heavy atom. The Labute approximate surface area is 157 Å². The summed E-state index contributed by atoms with van der Waals surface area (Å²) < 4.78 is 18.0. The van der Waals surface area contributed by atoms with Gasteiger partial charge in [-0.15, -0.1) is 0 Å². The third-order valence-electron chi connectivity index (χ3n) is 4.81. The Hall–Kier alpha value is -2.86. The minimum Gasteiger partial charge on any atom is -0.481 e. The molecule has 2 aliphatic heterocycles. The predicted octanol–water partition coefficient (Wildman–Crippen LogP) is 3.68. The number of benzene rings is 1. The molecule has 0 fully saturated rings. The van der Waals surface area contributed by atoms with E-state index in [9.17, 15) is 4.79 Å². The Morgan fingerprint density at radius 2 is 2.15 bits per heavy atom. The minimum atomic E-state index is -0.992. The van der Waals surface area contributed by atoms with Crippen LogP contribution in [0.2, 0.25) is 0 Å². The highest BCUT2D eigenvalue weighted by atomic mass is 16.7. The molecule has 2 aromatic rings. The Morgan fingerprint density at radius 1 is 1.30 bits per heavy atom. The summed E-state index contributed by atoms with van der Waals surface area (Å²) in [4.78, 5) is 15.3. The zero-order valence-electron chi connectivity index (χ0n) is 15.3. The van der Waals surface area contributed by atoms with Crippen molar-refractivity contribution in [1.82, 2.24) is 4.98 Å². The number of aryl methyl sites for hydroxylation is 1. The van der Waals surface area contributed by atoms with Gasteiger partial charge in [-0.05, 0) is 36.6 Å². The van der Waals surface area contributed by atoms with Crippen LogP contribution in [0.5, 0.6) is 11.5 Å². The number of ether oxygens (including phenoxy) is 3. The van der Waals surface area contributed by atoms with E-state index in [0.29, 0.717) is 30.2 Å². The van der Waals surface area contributed by atoms with E-state index in [1.807, 2.05) is 50.3 Å². The van der Waals surface area contributed by atoms with Gasteiger partial charge < -0.3 is 19.3 Å². The summed E-state index contributed by atoms with van der Waals surface area (Å²) in [6.07, 6.45) is 4.09. The first-order valence-corrected chi connectivity index (χ1v) is 8.91. The number of carboxylic acids is 1. The van der Waals surface area contributed by atoms with Crippen molar-refractivity contribution >= 4 is 11.5 Å². The lowest BCUT2D eigenvalue weighted by Gasteiger charge is -2.24. The summed E-state index contributed by atoms with van der Waals surface area (Å²) in [5.41, 5.74) is 3.64. The second kappa shape index (κ2) is 6.70. The van der Waals surface area contributed by atoms with E-state index in [4.69, 9.17) is 19.3 Å². The zero-order valence-corrected chi connectivity index (χ0v) is 15.3. The summed E-state index contributed by atoms with van der Waals surface area (Å²) >= 11 is 0. The van der Waals surface area contributed by atoms with E-state index >= 15 is 0 Å². The second-order valence-corrected chi connectivity index (χ2v) is 7.00. The molecule has 1 aromatic carbocycles. The molecule has 1 N–H and O–H groups in total. The maximum atomic E-state index is 10.9. The van der Waals surface area contributed by atoms with Crippen LogP contribution >= 0.6 is 0 Å². The molecule has 0 aliphatic carbocycles. The molecular formula is C21H21NO5. The first kappa shape index (κ1) is 17.5. The molecule has 0 saturated heterocycles. The summed E-state index contributed by atoms with van der Waals surface area (Å²) in [5.74, 6) is -0.524. The van der Waals surface area contributed by atoms with E-state index in [1.165, 1.54) is 0 Å². The number of para-hydroxylation sites is 1. The largest absolute Gasteiger partial charge is 0.481 e. The maximum absolute atomic E-state index is 10.9. The number of carbonyl (C=O) groups is 1. The van der Waals surface area contributed by atoms with Crippen LogP contribution in [0.15, 0.2) is 42.6 Å². The summed E-state index contributed by atoms with van der Waals surface area (Å²) in [6, 6.07) is 9.62. The third-order valence-corrected chi connectivity index (χ3v) is 4.81. The van der Waals surface area contributed by atoms with E-state index in [2.05, 4.69) is 4.98 Å². The van der Waals surface area contributed by atoms with Crippen LogP contribution in [0, 0.1) is 6.92 Å². The average molecular weight is 367 g/mol. The van der Waals surface area contributed by atoms with Gasteiger partial charge in [0.15, 0.2) is 11.5 Å². The molecule has 1 unspecified atom stereocenters. The van der Waals surface area contributed by atoms with Crippen LogP contribution in [0.25, 0.3) is 5.57 Å². The van der Waals surface area contributed by atoms with Gasteiger partial charge in [0.2, 0.25) is 0 Å². The SMILES string of the molecule is Cc1ccc([C@@]2(C)Oc3cccc(C4=CCC(CC(=O)O)OC4)c3O2)nc1. The van der Waals surface area contributed by atoms with Crippen molar-refractivity contribution in [3.63, 3.8) is 0 Å². The molecule has 140 valence electrons. The van der Waals surface area contributed by atoms with E-state index in [-0.39, 0.29) is 12.5 Å². The standard InChI is InChI=1S/C21H21NO5/c1-13-6-9-18(22-11-13)21(2)26-17-5-3-4-16(20(17)27-21)14-7-8-15(25-12-14)10-19(23)24/h3-7,9,11,15H,8,10,12H2,1-2H3,(H,23,24)/t15?,21-/m0/s1. The Balaban J connectivity index is 1.60. The molecule has 6 nitrogen and oxygen atoms in total. The molecule has 0 bridgehead atoms. The van der Waals surface area contributed by atoms with Gasteiger partial charge in [0.05, 0.1) is 19.1 Å². The van der Waals surface area contributed by atoms with E-state index in [1.54, 1.807) is 6.20 Å². The number of aromatic nitrogens is 1. The van der Waals surface area contributed by atoms with E-state index < -0.39 is 11.8 Å². The average Bonchev–Trinajstić information content (AvgIpc) is 3.00. The van der Waals surface area contributed by atoms with Crippen LogP contribution in [0.3, 0.4) is 0 Å². The predicted molar refractivity (Wildman–Crippen MR) is 98.6 cm³/mol. The highest BCUT2D eigenvalue weighted by Gasteiger charge is 2.41. The van der Waals surface area contributed by atoms with Crippen molar-refractivity contribution in [2.24, 2.45) is 0 Å². The molecule has 4 rings (SSSR count). The van der Waals surface area contributed by atoms with Gasteiger partial charge in [0, 0.05) is 18.7 Å². The molecule has 0 radical (unpaired) electrons. The number of nitrogens with zero attached hydrogens (tertiary/aromatic N) is 1. The number of hydrogen-bond acceptors (Lipinski definition) is 5. The lowest BCUT2D eigenvalue weighted by atomic mass is 9.99. The fraction of sp³-hybridized carbons (Fsp3) is 0.333. The molecule has 2 atom stereocenters. The quantitative estimate of drug-likeness (QED) is 0.888. The van der Waals surface area contributed by atoms with Crippen LogP contribution in [-0.4, -0.2) is 28.8 Å². The summed E-state index contributed by atoms with van der Waals surface area (Å²) in [5, 5.41) is 8.92. The Bertz CT molecular complexity index is 905. The van der Waals surface area contributed by atoms with Crippen LogP contribution in [0.4, 0.5) is 0 Å². The molecule has 27 heavy (non-hydrogen) atoms. The molecule has 1 aromatic heterocycles. The lowest BCUT2D eigenvalue weighted by Crippen LogP contribution is -2.32. The summed E-state index contributed by atoms with van der Waals surface area (Å²) in [6.45, 7) is 4.18. The summed E-state index contributed by atoms with van der Waals surface area (Å²) in [7, 11) is 0. The minimum absolute atomic E-state index is 0.00739. The highest BCUT2D eigenvalue weighted by molar-refractivity contribution is 5.75. The third kappa shape index (κ3) is 3.40. The highest BCUT2D eigenvalue weighted by Crippen LogP contribution is 2.47. The smallest absolute Gasteiger partial charge is 0.305 e. The van der Waals surface area contributed by atoms with Crippen molar-refractivity contribution in [3.8, 4) is 11.5 Å². The van der Waals surface area contributed by atoms with Gasteiger partial charge in [-0.25, -0.2) is 0 Å². The van der Waals surface area contributed by atoms with E-state index in [0.717, 1.165) is 16.7 Å². The van der Waals surface area contributed by atoms with Gasteiger partial charge >= 0.3 is 5.97 Å². The first-order valence-electron chi connectivity index (χ1n) is 8.91. The van der Waals surface area contributed by atoms with Crippen molar-refractivity contribution in [2.75, 3.05) is 6.61 Å². The number of hydrogen-bond donors (Lipinski definition) is 1. The number of carboxylic acid groups (broad SMARTS) is 1. The first-order chi connectivity index (χ1) is 12.9. The molecular weight excluding hydrogens is 346 g/mol. The number of pyridine rings is 1. The number of aliphatic carboxylic acids is 1. The Kier molecular flexibility index (Phi) is 4.36. The molecule has 0 spiro atoms. The van der Waals surface area contributed by atoms with Gasteiger partial charge in [0.1, 0.15) is 5.69 Å². The topological polar surface area (TPSA) is 77.9 Å². The van der Waals surface area contributed by atoms with Crippen LogP contribution in [0.1, 0.15) is 36.6 Å². The lowest BCUT2D eigenvalue weighted by molar-refractivity contribution is -0.140. The second-order valence-electron chi connectivity index (χ2n) is 7.00. The molecule has 6 heteroatoms. The van der Waals surface area contributed by atoms with Crippen molar-refractivity contribution in [3.05, 3.63) is 59.4 Å². The molecule has 3 heterocycles. The molecule has 0 saturated carbocycles. The van der Waals surface area contributed by atoms with Gasteiger partial charge in [-0.3, -0.25) is 9.78 Å². The van der Waals surface area contributed by atoms with Gasteiger partial charge in [-0.1, -0.05) is 24.3 Å². The fourth-order valence-corrected chi connectivity index (χ4v) is 3.35. The maximum Gasteiger partial charge on any atom is 0.305 e. The number of fused-ring (bicyclic) bond motifs is 1. The van der Waals surface area contributed by atoms with Gasteiger partial charge in [-0.2, -0.15) is 0 Å². The van der Waals surface area contributed by atoms with Crippen molar-refractivity contribution in [1.29, 1.82) is 0 Å².